The Bertz CT molecular complexity index is 201. The maximum Gasteiger partial charge on any atom is 0.216 e. The molecule has 0 atom stereocenters. The lowest BCUT2D eigenvalue weighted by Crippen LogP contribution is -1.88. The zero-order valence-electron chi connectivity index (χ0n) is 5.46. The van der Waals surface area contributed by atoms with Crippen LogP contribution in [0.5, 0.6) is 5.88 Å². The van der Waals surface area contributed by atoms with Gasteiger partial charge in [0.05, 0.1) is 7.11 Å². The molecule has 0 aliphatic carbocycles. The molecule has 1 aromatic heterocycles. The van der Waals surface area contributed by atoms with Gasteiger partial charge in [0.1, 0.15) is 6.33 Å². The molecule has 1 rings (SSSR count). The van der Waals surface area contributed by atoms with Crippen molar-refractivity contribution in [3.63, 3.8) is 0 Å². The first-order valence-corrected chi connectivity index (χ1v) is 2.65. The minimum absolute atomic E-state index is 0. The highest BCUT2D eigenvalue weighted by Gasteiger charge is 1.89. The fraction of sp³-hybridized carbons (Fsp3) is 0.500. The first-order valence-electron chi connectivity index (χ1n) is 2.65. The van der Waals surface area contributed by atoms with Gasteiger partial charge in [0, 0.05) is 11.8 Å². The first-order chi connectivity index (χ1) is 4.33. The van der Waals surface area contributed by atoms with Crippen molar-refractivity contribution < 1.29 is 4.74 Å². The van der Waals surface area contributed by atoms with Crippen LogP contribution < -0.4 is 4.74 Å². The molecular formula is C8H16N2O. The van der Waals surface area contributed by atoms with E-state index in [0.29, 0.717) is 5.88 Å². The van der Waals surface area contributed by atoms with Crippen LogP contribution in [-0.4, -0.2) is 17.1 Å². The highest BCUT2D eigenvalue weighted by Crippen LogP contribution is 2.02. The third-order valence-corrected chi connectivity index (χ3v) is 0.988. The standard InChI is InChI=1S/C6H8N2O.2CH4/c1-5-3-6(9-2)8-4-7-5;;/h3-4H,1-2H3;2*1H4. The van der Waals surface area contributed by atoms with E-state index in [1.165, 1.54) is 6.33 Å². The van der Waals surface area contributed by atoms with Gasteiger partial charge in [0.15, 0.2) is 0 Å². The maximum atomic E-state index is 4.84. The predicted molar refractivity (Wildman–Crippen MR) is 46.8 cm³/mol. The number of nitrogens with zero attached hydrogens (tertiary/aromatic N) is 2. The third kappa shape index (κ3) is 3.55. The van der Waals surface area contributed by atoms with Crippen LogP contribution in [0, 0.1) is 6.92 Å². The second-order valence-electron chi connectivity index (χ2n) is 1.70. The van der Waals surface area contributed by atoms with E-state index in [0.717, 1.165) is 5.69 Å². The molecule has 0 aliphatic rings. The molecular weight excluding hydrogens is 140 g/mol. The van der Waals surface area contributed by atoms with Gasteiger partial charge in [-0.1, -0.05) is 14.9 Å². The van der Waals surface area contributed by atoms with E-state index in [1.54, 1.807) is 13.2 Å². The van der Waals surface area contributed by atoms with E-state index < -0.39 is 0 Å². The average Bonchev–Trinajstić information content (AvgIpc) is 1.88. The van der Waals surface area contributed by atoms with Crippen molar-refractivity contribution in [2.24, 2.45) is 0 Å². The Morgan fingerprint density at radius 1 is 1.27 bits per heavy atom. The van der Waals surface area contributed by atoms with Crippen LogP contribution in [0.15, 0.2) is 12.4 Å². The molecule has 64 valence electrons. The molecule has 0 aliphatic heterocycles. The molecule has 0 spiro atoms. The van der Waals surface area contributed by atoms with E-state index in [2.05, 4.69) is 9.97 Å². The summed E-state index contributed by atoms with van der Waals surface area (Å²) in [4.78, 5) is 7.72. The summed E-state index contributed by atoms with van der Waals surface area (Å²) in [5, 5.41) is 0. The fourth-order valence-corrected chi connectivity index (χ4v) is 0.542. The minimum Gasteiger partial charge on any atom is -0.481 e. The Hall–Kier alpha value is -1.12. The number of aryl methyl sites for hydroxylation is 1. The van der Waals surface area contributed by atoms with Crippen LogP contribution in [0.3, 0.4) is 0 Å². The van der Waals surface area contributed by atoms with E-state index in [-0.39, 0.29) is 14.9 Å². The van der Waals surface area contributed by atoms with Gasteiger partial charge in [-0.25, -0.2) is 9.97 Å². The van der Waals surface area contributed by atoms with Gasteiger partial charge in [-0.05, 0) is 6.92 Å². The van der Waals surface area contributed by atoms with Crippen LogP contribution >= 0.6 is 0 Å². The van der Waals surface area contributed by atoms with E-state index >= 15 is 0 Å². The number of ether oxygens (including phenoxy) is 1. The van der Waals surface area contributed by atoms with Crippen molar-refractivity contribution in [1.29, 1.82) is 0 Å². The Morgan fingerprint density at radius 2 is 1.91 bits per heavy atom. The Morgan fingerprint density at radius 3 is 2.27 bits per heavy atom. The molecule has 0 aromatic carbocycles. The molecule has 0 fully saturated rings. The van der Waals surface area contributed by atoms with Crippen LogP contribution in [0.2, 0.25) is 0 Å². The van der Waals surface area contributed by atoms with Crippen molar-refractivity contribution in [3.8, 4) is 5.88 Å². The van der Waals surface area contributed by atoms with Gasteiger partial charge in [-0.2, -0.15) is 0 Å². The van der Waals surface area contributed by atoms with Gasteiger partial charge in [-0.3, -0.25) is 0 Å². The molecule has 0 bridgehead atoms. The number of hydrogen-bond donors (Lipinski definition) is 0. The largest absolute Gasteiger partial charge is 0.481 e. The normalized spacial score (nSPS) is 7.45. The lowest BCUT2D eigenvalue weighted by molar-refractivity contribution is 0.396. The fourth-order valence-electron chi connectivity index (χ4n) is 0.542. The van der Waals surface area contributed by atoms with Gasteiger partial charge in [0.25, 0.3) is 0 Å². The van der Waals surface area contributed by atoms with Crippen molar-refractivity contribution in [2.75, 3.05) is 7.11 Å². The Labute approximate surface area is 68.5 Å². The SMILES string of the molecule is C.C.COc1cc(C)ncn1. The van der Waals surface area contributed by atoms with Crippen LogP contribution in [-0.2, 0) is 0 Å². The number of rotatable bonds is 1. The Balaban J connectivity index is 0. The summed E-state index contributed by atoms with van der Waals surface area (Å²) in [5.74, 6) is 0.613. The topological polar surface area (TPSA) is 35.0 Å². The van der Waals surface area contributed by atoms with Crippen LogP contribution in [0.1, 0.15) is 20.5 Å². The minimum atomic E-state index is 0. The molecule has 0 radical (unpaired) electrons. The van der Waals surface area contributed by atoms with E-state index in [9.17, 15) is 0 Å². The third-order valence-electron chi connectivity index (χ3n) is 0.988. The summed E-state index contributed by atoms with van der Waals surface area (Å²) in [5.41, 5.74) is 0.918. The summed E-state index contributed by atoms with van der Waals surface area (Å²) < 4.78 is 4.84. The predicted octanol–water partition coefficient (Wildman–Crippen LogP) is 2.07. The van der Waals surface area contributed by atoms with Crippen LogP contribution in [0.25, 0.3) is 0 Å². The molecule has 3 heteroatoms. The number of aromatic nitrogens is 2. The summed E-state index contributed by atoms with van der Waals surface area (Å²) in [7, 11) is 1.59. The number of methoxy groups -OCH3 is 1. The van der Waals surface area contributed by atoms with Crippen LogP contribution in [0.4, 0.5) is 0 Å². The molecule has 11 heavy (non-hydrogen) atoms. The summed E-state index contributed by atoms with van der Waals surface area (Å²) in [6.45, 7) is 1.89. The first kappa shape index (κ1) is 12.5. The van der Waals surface area contributed by atoms with Gasteiger partial charge in [-0.15, -0.1) is 0 Å². The molecule has 1 aromatic rings. The number of hydrogen-bond acceptors (Lipinski definition) is 3. The Kier molecular flexibility index (Phi) is 6.44. The molecule has 0 saturated carbocycles. The second-order valence-corrected chi connectivity index (χ2v) is 1.70. The smallest absolute Gasteiger partial charge is 0.216 e. The molecule has 0 N–H and O–H groups in total. The average molecular weight is 156 g/mol. The van der Waals surface area contributed by atoms with E-state index in [1.807, 2.05) is 6.92 Å². The van der Waals surface area contributed by atoms with Gasteiger partial charge in [0.2, 0.25) is 5.88 Å². The molecule has 0 saturated heterocycles. The maximum absolute atomic E-state index is 4.84. The van der Waals surface area contributed by atoms with Crippen molar-refractivity contribution in [1.82, 2.24) is 9.97 Å². The zero-order valence-corrected chi connectivity index (χ0v) is 5.46. The quantitative estimate of drug-likeness (QED) is 0.624. The summed E-state index contributed by atoms with van der Waals surface area (Å²) >= 11 is 0. The van der Waals surface area contributed by atoms with Gasteiger partial charge < -0.3 is 4.74 Å². The molecule has 1 heterocycles. The molecule has 0 unspecified atom stereocenters. The van der Waals surface area contributed by atoms with Crippen molar-refractivity contribution in [2.45, 2.75) is 21.8 Å². The van der Waals surface area contributed by atoms with Gasteiger partial charge >= 0.3 is 0 Å². The molecule has 3 nitrogen and oxygen atoms in total. The van der Waals surface area contributed by atoms with Crippen molar-refractivity contribution >= 4 is 0 Å². The lowest BCUT2D eigenvalue weighted by Gasteiger charge is -1.95. The zero-order chi connectivity index (χ0) is 6.69. The monoisotopic (exact) mass is 156 g/mol. The highest BCUT2D eigenvalue weighted by molar-refractivity contribution is 5.11. The summed E-state index contributed by atoms with van der Waals surface area (Å²) in [6.07, 6.45) is 1.48. The van der Waals surface area contributed by atoms with Crippen molar-refractivity contribution in [3.05, 3.63) is 18.1 Å². The highest BCUT2D eigenvalue weighted by atomic mass is 16.5. The summed E-state index contributed by atoms with van der Waals surface area (Å²) in [6, 6.07) is 1.78. The van der Waals surface area contributed by atoms with E-state index in [4.69, 9.17) is 4.74 Å². The lowest BCUT2D eigenvalue weighted by atomic mass is 10.4. The second kappa shape index (κ2) is 5.65. The molecule has 0 amide bonds.